The number of nitrogens with one attached hydrogen (secondary N) is 1. The maximum atomic E-state index is 12.8. The van der Waals surface area contributed by atoms with Gasteiger partial charge in [0.15, 0.2) is 5.82 Å². The molecule has 114 valence electrons. The minimum atomic E-state index is -4.66. The van der Waals surface area contributed by atoms with Gasteiger partial charge in [-0.1, -0.05) is 6.92 Å². The lowest BCUT2D eigenvalue weighted by Crippen LogP contribution is -2.18. The highest BCUT2D eigenvalue weighted by atomic mass is 19.4. The van der Waals surface area contributed by atoms with Crippen LogP contribution in [0.3, 0.4) is 0 Å². The molecule has 0 spiro atoms. The fourth-order valence-electron chi connectivity index (χ4n) is 2.15. The molecule has 0 aliphatic heterocycles. The third-order valence-corrected chi connectivity index (χ3v) is 3.13. The van der Waals surface area contributed by atoms with Crippen LogP contribution in [0.2, 0.25) is 0 Å². The number of aryl methyl sites for hydroxylation is 1. The highest BCUT2D eigenvalue weighted by molar-refractivity contribution is 5.42. The number of nitrogens with two attached hydrogens (primary N) is 1. The Morgan fingerprint density at radius 1 is 1.29 bits per heavy atom. The average Bonchev–Trinajstić information content (AvgIpc) is 2.72. The first-order valence-corrected chi connectivity index (χ1v) is 6.26. The van der Waals surface area contributed by atoms with E-state index in [-0.39, 0.29) is 11.6 Å². The first-order valence-electron chi connectivity index (χ1n) is 6.26. The monoisotopic (exact) mass is 300 g/mol. The van der Waals surface area contributed by atoms with Gasteiger partial charge in [-0.25, -0.2) is 20.5 Å². The van der Waals surface area contributed by atoms with Gasteiger partial charge in [0.2, 0.25) is 5.82 Å². The van der Waals surface area contributed by atoms with Crippen LogP contribution in [0.1, 0.15) is 29.7 Å². The molecule has 0 fully saturated rings. The number of hydrogen-bond donors (Lipinski definition) is 2. The van der Waals surface area contributed by atoms with Crippen LogP contribution in [-0.2, 0) is 12.6 Å². The molecular formula is C12H15F3N6. The zero-order chi connectivity index (χ0) is 15.8. The Labute approximate surface area is 119 Å². The first-order chi connectivity index (χ1) is 9.77. The lowest BCUT2D eigenvalue weighted by atomic mass is 10.1. The van der Waals surface area contributed by atoms with Gasteiger partial charge < -0.3 is 5.43 Å². The minimum Gasteiger partial charge on any atom is -0.308 e. The van der Waals surface area contributed by atoms with Crippen LogP contribution < -0.4 is 11.3 Å². The van der Waals surface area contributed by atoms with Gasteiger partial charge in [-0.3, -0.25) is 0 Å². The SMILES string of the molecule is CCc1c(C)nn(-c2cc(NN)nc(C(F)(F)F)n2)c1C. The maximum Gasteiger partial charge on any atom is 0.451 e. The van der Waals surface area contributed by atoms with Crippen molar-refractivity contribution in [3.63, 3.8) is 0 Å². The molecule has 9 heteroatoms. The molecule has 0 saturated heterocycles. The van der Waals surface area contributed by atoms with E-state index in [0.29, 0.717) is 0 Å². The molecule has 6 nitrogen and oxygen atoms in total. The molecule has 0 unspecified atom stereocenters. The van der Waals surface area contributed by atoms with E-state index in [9.17, 15) is 13.2 Å². The van der Waals surface area contributed by atoms with Crippen LogP contribution in [0, 0.1) is 13.8 Å². The molecule has 0 atom stereocenters. The summed E-state index contributed by atoms with van der Waals surface area (Å²) >= 11 is 0. The van der Waals surface area contributed by atoms with E-state index < -0.39 is 12.0 Å². The number of alkyl halides is 3. The first kappa shape index (κ1) is 15.2. The van der Waals surface area contributed by atoms with Crippen LogP contribution >= 0.6 is 0 Å². The Kier molecular flexibility index (Phi) is 3.86. The summed E-state index contributed by atoms with van der Waals surface area (Å²) in [4.78, 5) is 6.86. The summed E-state index contributed by atoms with van der Waals surface area (Å²) in [6.45, 7) is 5.54. The van der Waals surface area contributed by atoms with Crippen molar-refractivity contribution < 1.29 is 13.2 Å². The molecule has 2 aromatic heterocycles. The van der Waals surface area contributed by atoms with Crippen molar-refractivity contribution in [1.82, 2.24) is 19.7 Å². The number of rotatable bonds is 3. The van der Waals surface area contributed by atoms with Crippen LogP contribution in [0.25, 0.3) is 5.82 Å². The predicted octanol–water partition coefficient (Wildman–Crippen LogP) is 2.15. The second kappa shape index (κ2) is 5.32. The number of nitrogens with zero attached hydrogens (tertiary/aromatic N) is 4. The predicted molar refractivity (Wildman–Crippen MR) is 70.8 cm³/mol. The lowest BCUT2D eigenvalue weighted by molar-refractivity contribution is -0.144. The van der Waals surface area contributed by atoms with Gasteiger partial charge >= 0.3 is 6.18 Å². The summed E-state index contributed by atoms with van der Waals surface area (Å²) in [6.07, 6.45) is -3.93. The van der Waals surface area contributed by atoms with Gasteiger partial charge in [0.1, 0.15) is 5.82 Å². The van der Waals surface area contributed by atoms with E-state index in [1.54, 1.807) is 13.8 Å². The Morgan fingerprint density at radius 2 is 1.95 bits per heavy atom. The maximum absolute atomic E-state index is 12.8. The van der Waals surface area contributed by atoms with Crippen molar-refractivity contribution in [2.45, 2.75) is 33.4 Å². The quantitative estimate of drug-likeness (QED) is 0.670. The van der Waals surface area contributed by atoms with Crippen molar-refractivity contribution in [2.24, 2.45) is 5.84 Å². The van der Waals surface area contributed by atoms with Crippen molar-refractivity contribution in [2.75, 3.05) is 5.43 Å². The highest BCUT2D eigenvalue weighted by Gasteiger charge is 2.35. The minimum absolute atomic E-state index is 0.0191. The van der Waals surface area contributed by atoms with Gasteiger partial charge in [-0.2, -0.15) is 18.3 Å². The van der Waals surface area contributed by atoms with E-state index in [1.807, 2.05) is 6.92 Å². The van der Waals surface area contributed by atoms with Gasteiger partial charge in [0.25, 0.3) is 0 Å². The summed E-state index contributed by atoms with van der Waals surface area (Å²) in [5, 5.41) is 4.24. The molecule has 0 aliphatic carbocycles. The highest BCUT2D eigenvalue weighted by Crippen LogP contribution is 2.28. The molecule has 0 radical (unpaired) electrons. The summed E-state index contributed by atoms with van der Waals surface area (Å²) in [7, 11) is 0. The molecule has 0 amide bonds. The largest absolute Gasteiger partial charge is 0.451 e. The van der Waals surface area contributed by atoms with Crippen molar-refractivity contribution in [3.05, 3.63) is 28.8 Å². The third-order valence-electron chi connectivity index (χ3n) is 3.13. The Morgan fingerprint density at radius 3 is 2.43 bits per heavy atom. The standard InChI is InChI=1S/C12H15F3N6/c1-4-8-6(2)20-21(7(8)3)10-5-9(19-16)17-11(18-10)12(13,14)15/h5H,4,16H2,1-3H3,(H,17,18,19). The molecule has 0 aromatic carbocycles. The van der Waals surface area contributed by atoms with Gasteiger partial charge in [0.05, 0.1) is 5.69 Å². The van der Waals surface area contributed by atoms with Crippen LogP contribution in [0.15, 0.2) is 6.07 Å². The number of nitrogen functional groups attached to an aromatic ring is 1. The van der Waals surface area contributed by atoms with Gasteiger partial charge in [-0.15, -0.1) is 0 Å². The van der Waals surface area contributed by atoms with Crippen molar-refractivity contribution in [3.8, 4) is 5.82 Å². The summed E-state index contributed by atoms with van der Waals surface area (Å²) in [6, 6.07) is 1.31. The van der Waals surface area contributed by atoms with Crippen molar-refractivity contribution >= 4 is 5.82 Å². The smallest absolute Gasteiger partial charge is 0.308 e. The average molecular weight is 300 g/mol. The Bertz CT molecular complexity index is 662. The second-order valence-corrected chi connectivity index (χ2v) is 4.49. The molecule has 2 rings (SSSR count). The summed E-state index contributed by atoms with van der Waals surface area (Å²) < 4.78 is 39.9. The number of halogens is 3. The third kappa shape index (κ3) is 2.82. The van der Waals surface area contributed by atoms with Gasteiger partial charge in [0, 0.05) is 11.8 Å². The van der Waals surface area contributed by atoms with Crippen LogP contribution in [0.5, 0.6) is 0 Å². The zero-order valence-electron chi connectivity index (χ0n) is 11.8. The molecule has 3 N–H and O–H groups in total. The normalized spacial score (nSPS) is 11.8. The number of aromatic nitrogens is 4. The van der Waals surface area contributed by atoms with Crippen LogP contribution in [-0.4, -0.2) is 19.7 Å². The van der Waals surface area contributed by atoms with E-state index in [0.717, 1.165) is 23.4 Å². The summed E-state index contributed by atoms with van der Waals surface area (Å²) in [5.74, 6) is 3.80. The zero-order valence-corrected chi connectivity index (χ0v) is 11.8. The molecule has 0 bridgehead atoms. The Hall–Kier alpha value is -2.16. The lowest BCUT2D eigenvalue weighted by Gasteiger charge is -2.11. The van der Waals surface area contributed by atoms with E-state index in [2.05, 4.69) is 20.5 Å². The fourth-order valence-corrected chi connectivity index (χ4v) is 2.15. The number of hydrogen-bond acceptors (Lipinski definition) is 5. The molecule has 21 heavy (non-hydrogen) atoms. The van der Waals surface area contributed by atoms with Crippen molar-refractivity contribution in [1.29, 1.82) is 0 Å². The Balaban J connectivity index is 2.64. The molecule has 0 saturated carbocycles. The van der Waals surface area contributed by atoms with E-state index >= 15 is 0 Å². The number of anilines is 1. The van der Waals surface area contributed by atoms with Crippen LogP contribution in [0.4, 0.5) is 19.0 Å². The molecule has 2 aromatic rings. The molecule has 0 aliphatic rings. The number of hydrazine groups is 1. The van der Waals surface area contributed by atoms with Gasteiger partial charge in [-0.05, 0) is 25.8 Å². The summed E-state index contributed by atoms with van der Waals surface area (Å²) in [5.41, 5.74) is 4.58. The molecule has 2 heterocycles. The second-order valence-electron chi connectivity index (χ2n) is 4.49. The molecular weight excluding hydrogens is 285 g/mol. The topological polar surface area (TPSA) is 81.7 Å². The van der Waals surface area contributed by atoms with E-state index in [1.165, 1.54) is 10.7 Å². The fraction of sp³-hybridized carbons (Fsp3) is 0.417. The van der Waals surface area contributed by atoms with E-state index in [4.69, 9.17) is 5.84 Å².